The maximum absolute atomic E-state index is 13.8. The molecule has 0 radical (unpaired) electrons. The van der Waals surface area contributed by atoms with Gasteiger partial charge >= 0.3 is 0 Å². The van der Waals surface area contributed by atoms with Crippen LogP contribution in [0.25, 0.3) is 0 Å². The summed E-state index contributed by atoms with van der Waals surface area (Å²) < 4.78 is 16.5. The molecular formula is C26H39N3O4. The van der Waals surface area contributed by atoms with Gasteiger partial charge in [0.15, 0.2) is 11.5 Å². The summed E-state index contributed by atoms with van der Waals surface area (Å²) in [6.07, 6.45) is 4.77. The third-order valence-electron chi connectivity index (χ3n) is 8.05. The summed E-state index contributed by atoms with van der Waals surface area (Å²) in [6, 6.07) is 3.53. The molecule has 1 aromatic carbocycles. The molecule has 2 unspecified atom stereocenters. The molecule has 7 nitrogen and oxygen atoms in total. The Balaban J connectivity index is 1.58. The first-order chi connectivity index (χ1) is 15.9. The predicted octanol–water partition coefficient (Wildman–Crippen LogP) is 3.05. The summed E-state index contributed by atoms with van der Waals surface area (Å²) in [5, 5.41) is 3.40. The molecule has 33 heavy (non-hydrogen) atoms. The number of rotatable bonds is 9. The third-order valence-corrected chi connectivity index (χ3v) is 8.05. The van der Waals surface area contributed by atoms with Crippen molar-refractivity contribution in [2.75, 3.05) is 67.1 Å². The van der Waals surface area contributed by atoms with Crippen molar-refractivity contribution in [3.05, 3.63) is 29.3 Å². The molecule has 3 aliphatic carbocycles. The molecule has 2 atom stereocenters. The van der Waals surface area contributed by atoms with Crippen molar-refractivity contribution in [2.24, 2.45) is 17.3 Å². The summed E-state index contributed by atoms with van der Waals surface area (Å²) in [7, 11) is 4.73. The van der Waals surface area contributed by atoms with E-state index in [0.717, 1.165) is 45.1 Å². The maximum Gasteiger partial charge on any atom is 0.254 e. The topological polar surface area (TPSA) is 63.3 Å². The lowest BCUT2D eigenvalue weighted by molar-refractivity contribution is -0.0105. The van der Waals surface area contributed by atoms with Crippen LogP contribution in [-0.2, 0) is 0 Å². The smallest absolute Gasteiger partial charge is 0.254 e. The first-order valence-electron chi connectivity index (χ1n) is 12.1. The Labute approximate surface area is 198 Å². The van der Waals surface area contributed by atoms with Gasteiger partial charge in [0.2, 0.25) is 5.75 Å². The second kappa shape index (κ2) is 9.94. The van der Waals surface area contributed by atoms with Crippen LogP contribution in [0.15, 0.2) is 23.8 Å². The number of ether oxygens (including phenoxy) is 3. The molecule has 0 spiro atoms. The van der Waals surface area contributed by atoms with E-state index in [1.165, 1.54) is 12.0 Å². The summed E-state index contributed by atoms with van der Waals surface area (Å²) in [5.74, 6) is 2.87. The van der Waals surface area contributed by atoms with Gasteiger partial charge in [-0.3, -0.25) is 9.69 Å². The van der Waals surface area contributed by atoms with Crippen LogP contribution in [0.1, 0.15) is 37.0 Å². The molecule has 1 saturated heterocycles. The van der Waals surface area contributed by atoms with Crippen LogP contribution in [0.2, 0.25) is 0 Å². The summed E-state index contributed by atoms with van der Waals surface area (Å²) in [4.78, 5) is 18.3. The van der Waals surface area contributed by atoms with Crippen LogP contribution in [-0.4, -0.2) is 82.8 Å². The second-order valence-electron chi connectivity index (χ2n) is 10.1. The largest absolute Gasteiger partial charge is 0.493 e. The van der Waals surface area contributed by atoms with Crippen molar-refractivity contribution in [1.29, 1.82) is 0 Å². The number of nitrogens with zero attached hydrogens (tertiary/aromatic N) is 2. The van der Waals surface area contributed by atoms with Crippen LogP contribution >= 0.6 is 0 Å². The minimum atomic E-state index is 0.00420. The van der Waals surface area contributed by atoms with Gasteiger partial charge in [-0.15, -0.1) is 0 Å². The lowest BCUT2D eigenvalue weighted by Crippen LogP contribution is -2.51. The lowest BCUT2D eigenvalue weighted by Gasteiger charge is -2.57. The number of amides is 1. The zero-order valence-corrected chi connectivity index (χ0v) is 20.8. The molecule has 7 heteroatoms. The van der Waals surface area contributed by atoms with E-state index in [0.29, 0.717) is 47.2 Å². The number of methoxy groups -OCH3 is 3. The summed E-state index contributed by atoms with van der Waals surface area (Å²) in [5.41, 5.74) is 2.32. The summed E-state index contributed by atoms with van der Waals surface area (Å²) >= 11 is 0. The van der Waals surface area contributed by atoms with Gasteiger partial charge in [-0.1, -0.05) is 25.5 Å². The first kappa shape index (κ1) is 23.9. The fourth-order valence-electron chi connectivity index (χ4n) is 5.71. The van der Waals surface area contributed by atoms with Gasteiger partial charge in [0.05, 0.1) is 21.3 Å². The molecule has 1 saturated carbocycles. The molecule has 0 aromatic heterocycles. The van der Waals surface area contributed by atoms with Crippen LogP contribution in [0, 0.1) is 17.3 Å². The standard InChI is InChI=1S/C26H39N3O4/c1-26(2)20-7-6-18(21(26)16-20)17-29(13-12-28-10-8-27-9-11-28)25(30)19-14-22(31-3)24(33-5)23(15-19)32-4/h6,14-15,20-21,27H,7-13,16-17H2,1-5H3. The Morgan fingerprint density at radius 2 is 1.79 bits per heavy atom. The van der Waals surface area contributed by atoms with E-state index in [2.05, 4.69) is 30.1 Å². The average Bonchev–Trinajstić information content (AvgIpc) is 2.85. The zero-order valence-electron chi connectivity index (χ0n) is 20.8. The van der Waals surface area contributed by atoms with Gasteiger partial charge in [0.1, 0.15) is 0 Å². The van der Waals surface area contributed by atoms with Crippen LogP contribution in [0.3, 0.4) is 0 Å². The molecule has 1 aromatic rings. The molecule has 1 heterocycles. The van der Waals surface area contributed by atoms with E-state index in [9.17, 15) is 4.79 Å². The Bertz CT molecular complexity index is 867. The van der Waals surface area contributed by atoms with E-state index in [1.54, 1.807) is 33.5 Å². The molecule has 2 fully saturated rings. The van der Waals surface area contributed by atoms with Gasteiger partial charge in [0, 0.05) is 51.4 Å². The van der Waals surface area contributed by atoms with E-state index < -0.39 is 0 Å². The molecule has 4 aliphatic rings. The highest BCUT2D eigenvalue weighted by Crippen LogP contribution is 2.59. The van der Waals surface area contributed by atoms with Crippen LogP contribution in [0.4, 0.5) is 0 Å². The number of fused-ring (bicyclic) bond motifs is 1. The molecule has 182 valence electrons. The monoisotopic (exact) mass is 457 g/mol. The Kier molecular flexibility index (Phi) is 7.19. The first-order valence-corrected chi connectivity index (χ1v) is 12.1. The lowest BCUT2D eigenvalue weighted by atomic mass is 9.49. The van der Waals surface area contributed by atoms with Crippen LogP contribution in [0.5, 0.6) is 17.2 Å². The maximum atomic E-state index is 13.8. The number of nitrogens with one attached hydrogen (secondary N) is 1. The Morgan fingerprint density at radius 1 is 1.12 bits per heavy atom. The number of hydrogen-bond donors (Lipinski definition) is 1. The minimum Gasteiger partial charge on any atom is -0.493 e. The quantitative estimate of drug-likeness (QED) is 0.575. The van der Waals surface area contributed by atoms with Gasteiger partial charge in [0.25, 0.3) is 5.91 Å². The highest BCUT2D eigenvalue weighted by Gasteiger charge is 2.51. The fraction of sp³-hybridized carbons (Fsp3) is 0.654. The fourth-order valence-corrected chi connectivity index (χ4v) is 5.71. The van der Waals surface area contributed by atoms with Crippen molar-refractivity contribution >= 4 is 5.91 Å². The number of piperazine rings is 1. The number of allylic oxidation sites excluding steroid dienone is 1. The molecule has 5 rings (SSSR count). The van der Waals surface area contributed by atoms with Crippen LogP contribution < -0.4 is 19.5 Å². The van der Waals surface area contributed by atoms with Gasteiger partial charge in [-0.25, -0.2) is 0 Å². The molecule has 2 bridgehead atoms. The minimum absolute atomic E-state index is 0.00420. The SMILES string of the molecule is COc1cc(C(=O)N(CCN2CCNCC2)CC2=CCC3CC2C3(C)C)cc(OC)c1OC. The van der Waals surface area contributed by atoms with Crippen molar-refractivity contribution < 1.29 is 19.0 Å². The summed E-state index contributed by atoms with van der Waals surface area (Å²) in [6.45, 7) is 11.1. The Morgan fingerprint density at radius 3 is 2.33 bits per heavy atom. The molecule has 1 aliphatic heterocycles. The van der Waals surface area contributed by atoms with E-state index in [4.69, 9.17) is 14.2 Å². The molecular weight excluding hydrogens is 418 g/mol. The number of benzene rings is 1. The van der Waals surface area contributed by atoms with E-state index in [-0.39, 0.29) is 5.91 Å². The molecule has 1 N–H and O–H groups in total. The van der Waals surface area contributed by atoms with E-state index >= 15 is 0 Å². The number of carbonyl (C=O) groups excluding carboxylic acids is 1. The molecule has 1 amide bonds. The highest BCUT2D eigenvalue weighted by molar-refractivity contribution is 5.96. The third kappa shape index (κ3) is 4.71. The van der Waals surface area contributed by atoms with Crippen molar-refractivity contribution in [3.63, 3.8) is 0 Å². The number of carbonyl (C=O) groups is 1. The van der Waals surface area contributed by atoms with Gasteiger partial charge in [-0.05, 0) is 42.2 Å². The van der Waals surface area contributed by atoms with Gasteiger partial charge in [-0.2, -0.15) is 0 Å². The normalized spacial score (nSPS) is 23.8. The second-order valence-corrected chi connectivity index (χ2v) is 10.1. The van der Waals surface area contributed by atoms with Gasteiger partial charge < -0.3 is 24.4 Å². The zero-order chi connectivity index (χ0) is 23.6. The Hall–Kier alpha value is -2.25. The average molecular weight is 458 g/mol. The van der Waals surface area contributed by atoms with Crippen molar-refractivity contribution in [3.8, 4) is 17.2 Å². The number of hydrogen-bond acceptors (Lipinski definition) is 6. The van der Waals surface area contributed by atoms with E-state index in [1.807, 2.05) is 4.90 Å². The predicted molar refractivity (Wildman–Crippen MR) is 129 cm³/mol. The van der Waals surface area contributed by atoms with Crippen molar-refractivity contribution in [2.45, 2.75) is 26.7 Å². The van der Waals surface area contributed by atoms with Crippen molar-refractivity contribution in [1.82, 2.24) is 15.1 Å². The highest BCUT2D eigenvalue weighted by atomic mass is 16.5.